The normalized spacial score (nSPS) is 10.4. The van der Waals surface area contributed by atoms with Gasteiger partial charge in [-0.3, -0.25) is 9.48 Å². The van der Waals surface area contributed by atoms with Gasteiger partial charge >= 0.3 is 0 Å². The van der Waals surface area contributed by atoms with Crippen LogP contribution in [0.2, 0.25) is 0 Å². The molecule has 0 atom stereocenters. The molecule has 2 rings (SSSR count). The van der Waals surface area contributed by atoms with Crippen molar-refractivity contribution in [2.24, 2.45) is 12.8 Å². The number of benzene rings is 1. The Labute approximate surface area is 122 Å². The van der Waals surface area contributed by atoms with Crippen LogP contribution in [0.1, 0.15) is 16.1 Å². The van der Waals surface area contributed by atoms with Crippen LogP contribution in [-0.4, -0.2) is 28.8 Å². The molecular formula is C14H19N5O2. The van der Waals surface area contributed by atoms with Crippen molar-refractivity contribution in [3.63, 3.8) is 0 Å². The summed E-state index contributed by atoms with van der Waals surface area (Å²) < 4.78 is 7.16. The number of nitrogen functional groups attached to an aromatic ring is 1. The summed E-state index contributed by atoms with van der Waals surface area (Å²) in [5.41, 5.74) is 12.7. The van der Waals surface area contributed by atoms with Gasteiger partial charge < -0.3 is 21.5 Å². The minimum Gasteiger partial charge on any atom is -0.490 e. The minimum absolute atomic E-state index is 0.399. The topological polar surface area (TPSA) is 108 Å². The molecule has 0 saturated heterocycles. The fraction of sp³-hybridized carbons (Fsp3) is 0.286. The fourth-order valence-corrected chi connectivity index (χ4v) is 2.10. The summed E-state index contributed by atoms with van der Waals surface area (Å²) in [5, 5.41) is 7.28. The van der Waals surface area contributed by atoms with Gasteiger partial charge in [0.25, 0.3) is 5.91 Å². The minimum atomic E-state index is -0.503. The predicted molar refractivity (Wildman–Crippen MR) is 81.3 cm³/mol. The summed E-state index contributed by atoms with van der Waals surface area (Å²) in [7, 11) is 1.75. The molecule has 112 valence electrons. The maximum atomic E-state index is 11.4. The van der Waals surface area contributed by atoms with Crippen molar-refractivity contribution in [2.75, 3.05) is 24.2 Å². The first-order chi connectivity index (χ1) is 10.0. The van der Waals surface area contributed by atoms with E-state index in [1.54, 1.807) is 30.8 Å². The highest BCUT2D eigenvalue weighted by Gasteiger charge is 2.17. The van der Waals surface area contributed by atoms with E-state index in [-0.39, 0.29) is 0 Å². The Morgan fingerprint density at radius 1 is 1.43 bits per heavy atom. The molecule has 7 nitrogen and oxygen atoms in total. The summed E-state index contributed by atoms with van der Waals surface area (Å²) in [6.45, 7) is 2.64. The lowest BCUT2D eigenvalue weighted by Crippen LogP contribution is -2.18. The van der Waals surface area contributed by atoms with E-state index < -0.39 is 5.91 Å². The number of rotatable bonds is 6. The number of primary amides is 1. The van der Waals surface area contributed by atoms with Crippen LogP contribution in [0.4, 0.5) is 11.5 Å². The van der Waals surface area contributed by atoms with Gasteiger partial charge in [-0.1, -0.05) is 12.1 Å². The number of aromatic nitrogens is 2. The Balaban J connectivity index is 1.95. The Bertz CT molecular complexity index is 651. The summed E-state index contributed by atoms with van der Waals surface area (Å²) in [6.07, 6.45) is 0. The van der Waals surface area contributed by atoms with Gasteiger partial charge in [0, 0.05) is 7.05 Å². The number of nitrogens with one attached hydrogen (secondary N) is 1. The third kappa shape index (κ3) is 3.25. The molecule has 0 aliphatic heterocycles. The van der Waals surface area contributed by atoms with E-state index in [0.717, 1.165) is 0 Å². The molecule has 0 spiro atoms. The molecule has 0 bridgehead atoms. The number of hydrogen-bond donors (Lipinski definition) is 3. The van der Waals surface area contributed by atoms with E-state index in [4.69, 9.17) is 16.2 Å². The van der Waals surface area contributed by atoms with Crippen molar-refractivity contribution >= 4 is 17.4 Å². The average molecular weight is 289 g/mol. The molecule has 0 aliphatic carbocycles. The highest BCUT2D eigenvalue weighted by atomic mass is 16.5. The summed E-state index contributed by atoms with van der Waals surface area (Å²) in [6, 6.07) is 7.28. The first-order valence-electron chi connectivity index (χ1n) is 6.55. The van der Waals surface area contributed by atoms with Crippen LogP contribution in [0, 0.1) is 6.92 Å². The molecule has 7 heteroatoms. The third-order valence-electron chi connectivity index (χ3n) is 3.04. The van der Waals surface area contributed by atoms with Crippen LogP contribution in [0.25, 0.3) is 0 Å². The molecule has 1 heterocycles. The number of anilines is 2. The van der Waals surface area contributed by atoms with Gasteiger partial charge in [-0.2, -0.15) is 5.10 Å². The monoisotopic (exact) mass is 289 g/mol. The first-order valence-corrected chi connectivity index (χ1v) is 6.55. The number of ether oxygens (including phenoxy) is 1. The van der Waals surface area contributed by atoms with Gasteiger partial charge in [-0.15, -0.1) is 0 Å². The lowest BCUT2D eigenvalue weighted by atomic mass is 10.2. The predicted octanol–water partition coefficient (Wildman–Crippen LogP) is 0.901. The zero-order valence-electron chi connectivity index (χ0n) is 12.1. The first kappa shape index (κ1) is 14.7. The van der Waals surface area contributed by atoms with Gasteiger partial charge in [-0.25, -0.2) is 0 Å². The maximum absolute atomic E-state index is 11.4. The summed E-state index contributed by atoms with van der Waals surface area (Å²) >= 11 is 0. The Morgan fingerprint density at radius 2 is 2.14 bits per heavy atom. The molecule has 0 unspecified atom stereocenters. The Morgan fingerprint density at radius 3 is 2.81 bits per heavy atom. The van der Waals surface area contributed by atoms with E-state index in [1.807, 2.05) is 12.1 Å². The number of carbonyl (C=O) groups excluding carboxylic acids is 1. The Kier molecular flexibility index (Phi) is 4.32. The molecule has 21 heavy (non-hydrogen) atoms. The molecule has 2 aromatic rings. The van der Waals surface area contributed by atoms with Crippen molar-refractivity contribution in [3.8, 4) is 5.75 Å². The van der Waals surface area contributed by atoms with Crippen molar-refractivity contribution < 1.29 is 9.53 Å². The fourth-order valence-electron chi connectivity index (χ4n) is 2.10. The molecule has 5 N–H and O–H groups in total. The number of nitrogens with zero attached hydrogens (tertiary/aromatic N) is 2. The van der Waals surface area contributed by atoms with E-state index in [9.17, 15) is 4.79 Å². The third-order valence-corrected chi connectivity index (χ3v) is 3.04. The SMILES string of the molecule is Cc1nn(C)c(NCCOc2ccccc2N)c1C(N)=O. The van der Waals surface area contributed by atoms with Crippen LogP contribution in [-0.2, 0) is 7.05 Å². The number of amides is 1. The molecule has 1 aromatic carbocycles. The van der Waals surface area contributed by atoms with Crippen molar-refractivity contribution in [3.05, 3.63) is 35.5 Å². The van der Waals surface area contributed by atoms with Gasteiger partial charge in [0.05, 0.1) is 17.9 Å². The average Bonchev–Trinajstić information content (AvgIpc) is 2.71. The number of nitrogens with two attached hydrogens (primary N) is 2. The highest BCUT2D eigenvalue weighted by molar-refractivity contribution is 5.98. The number of hydrogen-bond acceptors (Lipinski definition) is 5. The molecule has 0 aliphatic rings. The number of carbonyl (C=O) groups is 1. The summed E-state index contributed by atoms with van der Waals surface area (Å²) in [4.78, 5) is 11.4. The maximum Gasteiger partial charge on any atom is 0.254 e. The van der Waals surface area contributed by atoms with Crippen molar-refractivity contribution in [1.29, 1.82) is 0 Å². The number of para-hydroxylation sites is 2. The van der Waals surface area contributed by atoms with Gasteiger partial charge in [0.2, 0.25) is 0 Å². The molecule has 0 saturated carbocycles. The van der Waals surface area contributed by atoms with Crippen molar-refractivity contribution in [2.45, 2.75) is 6.92 Å². The lowest BCUT2D eigenvalue weighted by molar-refractivity contribution is 0.100. The van der Waals surface area contributed by atoms with E-state index in [2.05, 4.69) is 10.4 Å². The zero-order valence-corrected chi connectivity index (χ0v) is 12.1. The van der Waals surface area contributed by atoms with E-state index >= 15 is 0 Å². The van der Waals surface area contributed by atoms with Gasteiger partial charge in [-0.05, 0) is 19.1 Å². The number of aryl methyl sites for hydroxylation is 2. The molecule has 0 fully saturated rings. The zero-order chi connectivity index (χ0) is 15.4. The second-order valence-corrected chi connectivity index (χ2v) is 4.61. The molecular weight excluding hydrogens is 270 g/mol. The quantitative estimate of drug-likeness (QED) is 0.541. The Hall–Kier alpha value is -2.70. The van der Waals surface area contributed by atoms with Gasteiger partial charge in [0.1, 0.15) is 23.7 Å². The largest absolute Gasteiger partial charge is 0.490 e. The second-order valence-electron chi connectivity index (χ2n) is 4.61. The lowest BCUT2D eigenvalue weighted by Gasteiger charge is -2.11. The van der Waals surface area contributed by atoms with Crippen LogP contribution < -0.4 is 21.5 Å². The molecule has 1 amide bonds. The van der Waals surface area contributed by atoms with Crippen LogP contribution >= 0.6 is 0 Å². The molecule has 1 aromatic heterocycles. The molecule has 0 radical (unpaired) electrons. The smallest absolute Gasteiger partial charge is 0.254 e. The van der Waals surface area contributed by atoms with Crippen molar-refractivity contribution in [1.82, 2.24) is 9.78 Å². The van der Waals surface area contributed by atoms with E-state index in [1.165, 1.54) is 0 Å². The highest BCUT2D eigenvalue weighted by Crippen LogP contribution is 2.20. The van der Waals surface area contributed by atoms with E-state index in [0.29, 0.717) is 41.7 Å². The van der Waals surface area contributed by atoms with Crippen LogP contribution in [0.5, 0.6) is 5.75 Å². The van der Waals surface area contributed by atoms with Crippen LogP contribution in [0.3, 0.4) is 0 Å². The van der Waals surface area contributed by atoms with Crippen LogP contribution in [0.15, 0.2) is 24.3 Å². The van der Waals surface area contributed by atoms with Gasteiger partial charge in [0.15, 0.2) is 0 Å². The standard InChI is InChI=1S/C14H19N5O2/c1-9-12(13(16)20)14(19(2)18-9)17-7-8-21-11-6-4-3-5-10(11)15/h3-6,17H,7-8,15H2,1-2H3,(H2,16,20). The second kappa shape index (κ2) is 6.17. The summed E-state index contributed by atoms with van der Waals surface area (Å²) in [5.74, 6) is 0.719.